The molecule has 0 unspecified atom stereocenters. The number of sulfonamides is 1. The van der Waals surface area contributed by atoms with Crippen molar-refractivity contribution in [1.29, 1.82) is 0 Å². The van der Waals surface area contributed by atoms with E-state index in [1.54, 1.807) is 36.4 Å². The Morgan fingerprint density at radius 2 is 1.80 bits per heavy atom. The van der Waals surface area contributed by atoms with Crippen LogP contribution in [0.2, 0.25) is 10.0 Å². The number of thioether (sulfide) groups is 1. The molecule has 158 valence electrons. The number of rotatable bonds is 6. The highest BCUT2D eigenvalue weighted by Gasteiger charge is 2.29. The van der Waals surface area contributed by atoms with Crippen LogP contribution in [-0.2, 0) is 19.6 Å². The van der Waals surface area contributed by atoms with Crippen molar-refractivity contribution in [2.75, 3.05) is 12.3 Å². The molecule has 3 rings (SSSR count). The molecule has 0 saturated heterocycles. The highest BCUT2D eigenvalue weighted by atomic mass is 35.5. The maximum Gasteiger partial charge on any atom is 0.263 e. The summed E-state index contributed by atoms with van der Waals surface area (Å²) in [6.07, 6.45) is -0.0407. The van der Waals surface area contributed by atoms with Crippen LogP contribution in [0.5, 0.6) is 0 Å². The van der Waals surface area contributed by atoms with Gasteiger partial charge in [-0.3, -0.25) is 30.2 Å². The maximum atomic E-state index is 12.0. The largest absolute Gasteiger partial charge is 0.273 e. The summed E-state index contributed by atoms with van der Waals surface area (Å²) in [7, 11) is -3.62. The number of carbonyl (C=O) groups is 2. The normalized spacial score (nSPS) is 15.3. The molecule has 0 bridgehead atoms. The second-order valence-corrected chi connectivity index (χ2v) is 9.55. The molecule has 0 atom stereocenters. The molecule has 8 nitrogen and oxygen atoms in total. The topological polar surface area (TPSA) is 117 Å². The molecule has 0 spiro atoms. The molecule has 3 N–H and O–H groups in total. The number of nitrogens with zero attached hydrogens (tertiary/aromatic N) is 1. The van der Waals surface area contributed by atoms with Crippen LogP contribution in [0.3, 0.4) is 0 Å². The lowest BCUT2D eigenvalue weighted by atomic mass is 10.2. The molecule has 2 aromatic carbocycles. The Labute approximate surface area is 187 Å². The predicted molar refractivity (Wildman–Crippen MR) is 116 cm³/mol. The van der Waals surface area contributed by atoms with Gasteiger partial charge >= 0.3 is 0 Å². The van der Waals surface area contributed by atoms with Crippen molar-refractivity contribution in [3.05, 3.63) is 58.1 Å². The van der Waals surface area contributed by atoms with Gasteiger partial charge in [0, 0.05) is 21.9 Å². The van der Waals surface area contributed by atoms with E-state index in [1.165, 1.54) is 17.8 Å². The van der Waals surface area contributed by atoms with Gasteiger partial charge in [0.15, 0.2) is 0 Å². The molecule has 12 heteroatoms. The van der Waals surface area contributed by atoms with Gasteiger partial charge in [-0.25, -0.2) is 8.42 Å². The minimum Gasteiger partial charge on any atom is -0.273 e. The first kappa shape index (κ1) is 22.4. The van der Waals surface area contributed by atoms with Gasteiger partial charge in [0.1, 0.15) is 5.84 Å². The van der Waals surface area contributed by atoms with E-state index < -0.39 is 21.8 Å². The SMILES string of the molecule is O=C(CCN=C1NS(=O)(=O)c2ccccc21)NNC(=O)CSc1cc(Cl)ccc1Cl. The molecule has 0 aliphatic carbocycles. The number of hydrogen-bond donors (Lipinski definition) is 3. The molecule has 0 aromatic heterocycles. The molecule has 0 saturated carbocycles. The van der Waals surface area contributed by atoms with E-state index in [9.17, 15) is 18.0 Å². The van der Waals surface area contributed by atoms with Gasteiger partial charge < -0.3 is 0 Å². The Kier molecular flexibility index (Phi) is 7.24. The minimum absolute atomic E-state index is 0.0290. The van der Waals surface area contributed by atoms with Crippen LogP contribution >= 0.6 is 35.0 Å². The van der Waals surface area contributed by atoms with Gasteiger partial charge in [-0.05, 0) is 30.3 Å². The van der Waals surface area contributed by atoms with Gasteiger partial charge in [-0.1, -0.05) is 35.3 Å². The van der Waals surface area contributed by atoms with Gasteiger partial charge in [0.05, 0.1) is 22.2 Å². The Hall–Kier alpha value is -2.27. The van der Waals surface area contributed by atoms with Crippen LogP contribution in [0.25, 0.3) is 0 Å². The fourth-order valence-corrected chi connectivity index (χ4v) is 5.03. The maximum absolute atomic E-state index is 12.0. The fraction of sp³-hybridized carbons (Fsp3) is 0.167. The number of hydrogen-bond acceptors (Lipinski definition) is 6. The lowest BCUT2D eigenvalue weighted by Gasteiger charge is -2.08. The molecule has 1 aliphatic rings. The molecule has 0 fully saturated rings. The number of nitrogens with one attached hydrogen (secondary N) is 3. The van der Waals surface area contributed by atoms with E-state index in [0.717, 1.165) is 0 Å². The Morgan fingerprint density at radius 1 is 1.07 bits per heavy atom. The Bertz CT molecular complexity index is 1120. The van der Waals surface area contributed by atoms with Crippen LogP contribution in [0.1, 0.15) is 12.0 Å². The third kappa shape index (κ3) is 5.66. The Balaban J connectivity index is 1.44. The highest BCUT2D eigenvalue weighted by Crippen LogP contribution is 2.29. The number of fused-ring (bicyclic) bond motifs is 1. The monoisotopic (exact) mass is 486 g/mol. The van der Waals surface area contributed by atoms with Crippen LogP contribution in [-0.4, -0.2) is 38.4 Å². The third-order valence-corrected chi connectivity index (χ3v) is 6.99. The van der Waals surface area contributed by atoms with E-state index in [0.29, 0.717) is 20.5 Å². The van der Waals surface area contributed by atoms with Crippen LogP contribution in [0, 0.1) is 0 Å². The summed E-state index contributed by atoms with van der Waals surface area (Å²) in [5.74, 6) is -0.667. The van der Waals surface area contributed by atoms with Gasteiger partial charge in [0.25, 0.3) is 10.0 Å². The zero-order valence-corrected chi connectivity index (χ0v) is 18.5. The van der Waals surface area contributed by atoms with Crippen molar-refractivity contribution in [3.63, 3.8) is 0 Å². The van der Waals surface area contributed by atoms with Crippen LogP contribution in [0.4, 0.5) is 0 Å². The number of halogens is 2. The molecular weight excluding hydrogens is 471 g/mol. The minimum atomic E-state index is -3.62. The summed E-state index contributed by atoms with van der Waals surface area (Å²) >= 11 is 13.1. The number of amides is 2. The zero-order valence-electron chi connectivity index (χ0n) is 15.3. The average molecular weight is 487 g/mol. The lowest BCUT2D eigenvalue weighted by Crippen LogP contribution is -2.42. The Morgan fingerprint density at radius 3 is 2.60 bits per heavy atom. The predicted octanol–water partition coefficient (Wildman–Crippen LogP) is 2.36. The summed E-state index contributed by atoms with van der Waals surface area (Å²) in [6.45, 7) is 0.0424. The van der Waals surface area contributed by atoms with Crippen molar-refractivity contribution < 1.29 is 18.0 Å². The van der Waals surface area contributed by atoms with Crippen molar-refractivity contribution >= 4 is 62.6 Å². The van der Waals surface area contributed by atoms with E-state index in [4.69, 9.17) is 23.2 Å². The summed E-state index contributed by atoms with van der Waals surface area (Å²) in [4.78, 5) is 28.7. The zero-order chi connectivity index (χ0) is 21.7. The number of carbonyl (C=O) groups excluding carboxylic acids is 2. The van der Waals surface area contributed by atoms with Crippen molar-refractivity contribution in [3.8, 4) is 0 Å². The van der Waals surface area contributed by atoms with Gasteiger partial charge in [-0.2, -0.15) is 0 Å². The molecule has 1 aliphatic heterocycles. The lowest BCUT2D eigenvalue weighted by molar-refractivity contribution is -0.127. The first-order valence-electron chi connectivity index (χ1n) is 8.58. The fourth-order valence-electron chi connectivity index (χ4n) is 2.49. The second-order valence-electron chi connectivity index (χ2n) is 6.04. The van der Waals surface area contributed by atoms with E-state index >= 15 is 0 Å². The quantitative estimate of drug-likeness (QED) is 0.427. The molecule has 1 heterocycles. The van der Waals surface area contributed by atoms with Crippen LogP contribution in [0.15, 0.2) is 57.2 Å². The van der Waals surface area contributed by atoms with E-state index in [-0.39, 0.29) is 29.4 Å². The summed E-state index contributed by atoms with van der Waals surface area (Å²) in [5, 5.41) is 0.980. The molecule has 0 radical (unpaired) electrons. The second kappa shape index (κ2) is 9.69. The number of aliphatic imine (C=N–C) groups is 1. The summed E-state index contributed by atoms with van der Waals surface area (Å²) in [5.41, 5.74) is 5.05. The van der Waals surface area contributed by atoms with E-state index in [1.807, 2.05) is 0 Å². The van der Waals surface area contributed by atoms with Gasteiger partial charge in [0.2, 0.25) is 11.8 Å². The van der Waals surface area contributed by atoms with Gasteiger partial charge in [-0.15, -0.1) is 11.8 Å². The smallest absolute Gasteiger partial charge is 0.263 e. The van der Waals surface area contributed by atoms with Crippen molar-refractivity contribution in [2.45, 2.75) is 16.2 Å². The average Bonchev–Trinajstić information content (AvgIpc) is 2.97. The molecule has 2 aromatic rings. The summed E-state index contributed by atoms with van der Waals surface area (Å²) in [6, 6.07) is 11.4. The number of hydrazine groups is 1. The first-order chi connectivity index (χ1) is 14.3. The van der Waals surface area contributed by atoms with Crippen LogP contribution < -0.4 is 15.6 Å². The van der Waals surface area contributed by atoms with E-state index in [2.05, 4.69) is 20.6 Å². The first-order valence-corrected chi connectivity index (χ1v) is 11.8. The molecule has 2 amide bonds. The standard InChI is InChI=1S/C18H16Cl2N4O4S2/c19-11-5-6-13(20)14(9-11)29-10-17(26)23-22-16(25)7-8-21-18-12-3-1-2-4-15(12)30(27,28)24-18/h1-6,9H,7-8,10H2,(H,21,24)(H,22,25)(H,23,26). The summed E-state index contributed by atoms with van der Waals surface area (Å²) < 4.78 is 26.4. The third-order valence-electron chi connectivity index (χ3n) is 3.86. The van der Waals surface area contributed by atoms with Crippen molar-refractivity contribution in [2.24, 2.45) is 4.99 Å². The number of benzene rings is 2. The number of amidine groups is 1. The van der Waals surface area contributed by atoms with Crippen molar-refractivity contribution in [1.82, 2.24) is 15.6 Å². The highest BCUT2D eigenvalue weighted by molar-refractivity contribution is 8.00. The molecular formula is C18H16Cl2N4O4S2. The molecule has 30 heavy (non-hydrogen) atoms.